The zero-order chi connectivity index (χ0) is 19.5. The smallest absolute Gasteiger partial charge is 0.250 e. The van der Waals surface area contributed by atoms with E-state index < -0.39 is 0 Å². The quantitative estimate of drug-likeness (QED) is 0.786. The van der Waals surface area contributed by atoms with Crippen molar-refractivity contribution in [2.24, 2.45) is 5.41 Å². The van der Waals surface area contributed by atoms with Crippen LogP contribution < -0.4 is 14.7 Å². The molecule has 6 nitrogen and oxygen atoms in total. The van der Waals surface area contributed by atoms with Crippen LogP contribution in [-0.2, 0) is 4.79 Å². The molecule has 0 bridgehead atoms. The molecule has 1 aromatic heterocycles. The molecule has 3 fully saturated rings. The Kier molecular flexibility index (Phi) is 4.30. The normalized spacial score (nSPS) is 27.1. The van der Waals surface area contributed by atoms with E-state index in [1.807, 2.05) is 18.1 Å². The molecule has 1 aromatic rings. The van der Waals surface area contributed by atoms with E-state index in [4.69, 9.17) is 4.98 Å². The highest BCUT2D eigenvalue weighted by molar-refractivity contribution is 6.05. The van der Waals surface area contributed by atoms with E-state index in [9.17, 15) is 4.79 Å². The number of piperazine rings is 1. The Hall–Kier alpha value is -1.82. The Bertz CT molecular complexity index is 772. The zero-order valence-corrected chi connectivity index (χ0v) is 17.5. The number of likely N-dealkylation sites (N-methyl/N-ethyl adjacent to an activating group) is 1. The molecular formula is C22H33N5O. The number of hydrogen-bond acceptors (Lipinski definition) is 5. The molecule has 5 rings (SSSR count). The fourth-order valence-electron chi connectivity index (χ4n) is 5.85. The van der Waals surface area contributed by atoms with E-state index in [0.717, 1.165) is 44.2 Å². The number of fused-ring (bicyclic) bond motifs is 3. The maximum absolute atomic E-state index is 13.1. The van der Waals surface area contributed by atoms with Crippen molar-refractivity contribution >= 4 is 23.1 Å². The first kappa shape index (κ1) is 18.2. The van der Waals surface area contributed by atoms with Crippen molar-refractivity contribution in [3.8, 4) is 0 Å². The van der Waals surface area contributed by atoms with E-state index in [1.54, 1.807) is 0 Å². The maximum atomic E-state index is 13.1. The summed E-state index contributed by atoms with van der Waals surface area (Å²) in [5.74, 6) is 1.18. The Balaban J connectivity index is 1.42. The lowest BCUT2D eigenvalue weighted by atomic mass is 9.86. The summed E-state index contributed by atoms with van der Waals surface area (Å²) >= 11 is 0. The molecule has 152 valence electrons. The first-order chi connectivity index (χ1) is 13.5. The summed E-state index contributed by atoms with van der Waals surface area (Å²) in [6.07, 6.45) is 8.87. The third-order valence-electron chi connectivity index (χ3n) is 7.69. The van der Waals surface area contributed by atoms with Crippen LogP contribution in [0.15, 0.2) is 12.3 Å². The molecule has 1 atom stereocenters. The average molecular weight is 384 g/mol. The monoisotopic (exact) mass is 383 g/mol. The Morgan fingerprint density at radius 3 is 2.68 bits per heavy atom. The molecule has 4 aliphatic rings. The van der Waals surface area contributed by atoms with E-state index >= 15 is 0 Å². The molecule has 1 saturated carbocycles. The van der Waals surface area contributed by atoms with Gasteiger partial charge in [0.1, 0.15) is 6.04 Å². The third-order valence-corrected chi connectivity index (χ3v) is 7.69. The van der Waals surface area contributed by atoms with Crippen LogP contribution in [0.1, 0.15) is 46.0 Å². The molecule has 0 N–H and O–H groups in total. The predicted octanol–water partition coefficient (Wildman–Crippen LogP) is 2.73. The van der Waals surface area contributed by atoms with Crippen molar-refractivity contribution in [2.45, 2.75) is 58.0 Å². The van der Waals surface area contributed by atoms with E-state index in [2.05, 4.69) is 34.6 Å². The van der Waals surface area contributed by atoms with Crippen LogP contribution >= 0.6 is 0 Å². The molecule has 0 unspecified atom stereocenters. The summed E-state index contributed by atoms with van der Waals surface area (Å²) in [5.41, 5.74) is 2.70. The maximum Gasteiger partial charge on any atom is 0.250 e. The van der Waals surface area contributed by atoms with Crippen molar-refractivity contribution in [3.05, 3.63) is 12.3 Å². The lowest BCUT2D eigenvalue weighted by molar-refractivity contribution is -0.121. The summed E-state index contributed by atoms with van der Waals surface area (Å²) < 4.78 is 0. The number of aromatic nitrogens is 1. The lowest BCUT2D eigenvalue weighted by Crippen LogP contribution is -2.63. The van der Waals surface area contributed by atoms with Crippen molar-refractivity contribution in [1.82, 2.24) is 9.88 Å². The van der Waals surface area contributed by atoms with Crippen molar-refractivity contribution in [3.63, 3.8) is 0 Å². The largest absolute Gasteiger partial charge is 0.370 e. The SMILES string of the molecule is CC(C)N1CCN2c3ncc(N4CCC5(CCCC5)C4)cc3N(C)C(=O)[C@@H]2C1. The van der Waals surface area contributed by atoms with Gasteiger partial charge in [0.15, 0.2) is 5.82 Å². The first-order valence-corrected chi connectivity index (χ1v) is 11.0. The molecule has 6 heteroatoms. The topological polar surface area (TPSA) is 42.9 Å². The van der Waals surface area contributed by atoms with Gasteiger partial charge in [0.05, 0.1) is 17.6 Å². The molecule has 1 spiro atoms. The van der Waals surface area contributed by atoms with Gasteiger partial charge < -0.3 is 14.7 Å². The number of anilines is 3. The van der Waals surface area contributed by atoms with Crippen LogP contribution in [0, 0.1) is 5.41 Å². The zero-order valence-electron chi connectivity index (χ0n) is 17.5. The van der Waals surface area contributed by atoms with Gasteiger partial charge in [-0.1, -0.05) is 12.8 Å². The van der Waals surface area contributed by atoms with Gasteiger partial charge in [0.25, 0.3) is 5.91 Å². The van der Waals surface area contributed by atoms with Gasteiger partial charge in [-0.2, -0.15) is 0 Å². The predicted molar refractivity (Wildman–Crippen MR) is 113 cm³/mol. The second kappa shape index (κ2) is 6.61. The number of amides is 1. The molecule has 3 aliphatic heterocycles. The minimum atomic E-state index is -0.111. The molecule has 1 aliphatic carbocycles. The lowest BCUT2D eigenvalue weighted by Gasteiger charge is -2.47. The van der Waals surface area contributed by atoms with Crippen molar-refractivity contribution < 1.29 is 4.79 Å². The minimum absolute atomic E-state index is 0.111. The number of carbonyl (C=O) groups is 1. The summed E-state index contributed by atoms with van der Waals surface area (Å²) in [6, 6.07) is 2.56. The summed E-state index contributed by atoms with van der Waals surface area (Å²) in [6.45, 7) is 9.33. The fourth-order valence-corrected chi connectivity index (χ4v) is 5.85. The average Bonchev–Trinajstić information content (AvgIpc) is 3.35. The Labute approximate surface area is 168 Å². The van der Waals surface area contributed by atoms with Gasteiger partial charge in [0, 0.05) is 45.8 Å². The highest BCUT2D eigenvalue weighted by atomic mass is 16.2. The fraction of sp³-hybridized carbons (Fsp3) is 0.727. The highest BCUT2D eigenvalue weighted by Gasteiger charge is 2.43. The van der Waals surface area contributed by atoms with E-state index in [-0.39, 0.29) is 11.9 Å². The number of hydrogen-bond donors (Lipinski definition) is 0. The van der Waals surface area contributed by atoms with Crippen LogP contribution in [-0.4, -0.2) is 67.6 Å². The van der Waals surface area contributed by atoms with Crippen LogP contribution in [0.2, 0.25) is 0 Å². The molecule has 0 aromatic carbocycles. The van der Waals surface area contributed by atoms with Crippen molar-refractivity contribution in [1.29, 1.82) is 0 Å². The standard InChI is InChI=1S/C22H33N5O/c1-16(2)25-10-11-27-19(14-25)21(28)24(3)18-12-17(13-23-20(18)27)26-9-8-22(15-26)6-4-5-7-22/h12-13,16,19H,4-11,14-15H2,1-3H3/t19-/m0/s1. The Morgan fingerprint density at radius 2 is 1.93 bits per heavy atom. The first-order valence-electron chi connectivity index (χ1n) is 11.0. The minimum Gasteiger partial charge on any atom is -0.370 e. The van der Waals surface area contributed by atoms with Gasteiger partial charge in [-0.3, -0.25) is 9.69 Å². The molecule has 28 heavy (non-hydrogen) atoms. The molecule has 0 radical (unpaired) electrons. The third kappa shape index (κ3) is 2.79. The molecule has 1 amide bonds. The van der Waals surface area contributed by atoms with Gasteiger partial charge in [-0.25, -0.2) is 4.98 Å². The van der Waals surface area contributed by atoms with Crippen LogP contribution in [0.5, 0.6) is 0 Å². The van der Waals surface area contributed by atoms with Gasteiger partial charge in [0.2, 0.25) is 0 Å². The molecule has 4 heterocycles. The molecular weight excluding hydrogens is 350 g/mol. The van der Waals surface area contributed by atoms with Crippen LogP contribution in [0.25, 0.3) is 0 Å². The second-order valence-electron chi connectivity index (χ2n) is 9.61. The number of rotatable bonds is 2. The number of carbonyl (C=O) groups excluding carboxylic acids is 1. The van der Waals surface area contributed by atoms with Gasteiger partial charge >= 0.3 is 0 Å². The van der Waals surface area contributed by atoms with E-state index in [1.165, 1.54) is 37.8 Å². The Morgan fingerprint density at radius 1 is 1.14 bits per heavy atom. The van der Waals surface area contributed by atoms with Crippen LogP contribution in [0.4, 0.5) is 17.2 Å². The molecule has 2 saturated heterocycles. The van der Waals surface area contributed by atoms with Gasteiger partial charge in [-0.05, 0) is 44.6 Å². The second-order valence-corrected chi connectivity index (χ2v) is 9.61. The van der Waals surface area contributed by atoms with Gasteiger partial charge in [-0.15, -0.1) is 0 Å². The van der Waals surface area contributed by atoms with E-state index in [0.29, 0.717) is 11.5 Å². The number of pyridine rings is 1. The summed E-state index contributed by atoms with van der Waals surface area (Å²) in [7, 11) is 1.92. The summed E-state index contributed by atoms with van der Waals surface area (Å²) in [5, 5.41) is 0. The van der Waals surface area contributed by atoms with Crippen molar-refractivity contribution in [2.75, 3.05) is 54.5 Å². The van der Waals surface area contributed by atoms with Crippen LogP contribution in [0.3, 0.4) is 0 Å². The number of nitrogens with zero attached hydrogens (tertiary/aromatic N) is 5. The summed E-state index contributed by atoms with van der Waals surface area (Å²) in [4.78, 5) is 27.0. The highest BCUT2D eigenvalue weighted by Crippen LogP contribution is 2.47.